The molecule has 2 heteroatoms. The first kappa shape index (κ1) is 9.20. The van der Waals surface area contributed by atoms with Gasteiger partial charge in [-0.3, -0.25) is 4.79 Å². The minimum Gasteiger partial charge on any atom is -0.468 e. The van der Waals surface area contributed by atoms with E-state index in [2.05, 4.69) is 13.8 Å². The highest BCUT2D eigenvalue weighted by Crippen LogP contribution is 2.51. The van der Waals surface area contributed by atoms with E-state index in [1.807, 2.05) is 6.07 Å². The molecule has 3 rings (SSSR count). The quantitative estimate of drug-likeness (QED) is 0.650. The van der Waals surface area contributed by atoms with E-state index in [-0.39, 0.29) is 11.3 Å². The van der Waals surface area contributed by atoms with Crippen LogP contribution in [0, 0.1) is 11.8 Å². The smallest absolute Gasteiger partial charge is 0.149 e. The van der Waals surface area contributed by atoms with Gasteiger partial charge in [-0.15, -0.1) is 0 Å². The number of Topliss-reactive ketones (excluding diaryl/α,β-unsaturated/α-hetero) is 1. The number of rotatable bonds is 0. The highest BCUT2D eigenvalue weighted by molar-refractivity contribution is 5.94. The van der Waals surface area contributed by atoms with Gasteiger partial charge in [0.05, 0.1) is 11.7 Å². The van der Waals surface area contributed by atoms with Crippen LogP contribution in [0.2, 0.25) is 0 Å². The molecular formula is C13H16O2. The average Bonchev–Trinajstić information content (AvgIpc) is 2.76. The van der Waals surface area contributed by atoms with Crippen LogP contribution >= 0.6 is 0 Å². The molecular weight excluding hydrogens is 188 g/mol. The average molecular weight is 204 g/mol. The van der Waals surface area contributed by atoms with Crippen molar-refractivity contribution in [3.8, 4) is 0 Å². The summed E-state index contributed by atoms with van der Waals surface area (Å²) in [6, 6.07) is 2.02. The van der Waals surface area contributed by atoms with E-state index < -0.39 is 0 Å². The highest BCUT2D eigenvalue weighted by Gasteiger charge is 2.55. The van der Waals surface area contributed by atoms with E-state index in [0.29, 0.717) is 11.7 Å². The second-order valence-corrected chi connectivity index (χ2v) is 5.21. The van der Waals surface area contributed by atoms with Crippen molar-refractivity contribution in [2.45, 2.75) is 38.5 Å². The van der Waals surface area contributed by atoms with Crippen molar-refractivity contribution >= 4 is 5.78 Å². The first-order valence-electron chi connectivity index (χ1n) is 5.75. The van der Waals surface area contributed by atoms with E-state index in [1.165, 1.54) is 5.56 Å². The van der Waals surface area contributed by atoms with Gasteiger partial charge in [-0.05, 0) is 43.7 Å². The van der Waals surface area contributed by atoms with E-state index in [4.69, 9.17) is 4.42 Å². The van der Waals surface area contributed by atoms with E-state index >= 15 is 0 Å². The normalized spacial score (nSPS) is 38.9. The SMILES string of the molecule is C[C@H]1C[C@H]2CCc3ccoc3[C@@]2(C)C1=O. The molecule has 80 valence electrons. The highest BCUT2D eigenvalue weighted by atomic mass is 16.3. The summed E-state index contributed by atoms with van der Waals surface area (Å²) in [5.74, 6) is 2.03. The van der Waals surface area contributed by atoms with Crippen LogP contribution in [0.4, 0.5) is 0 Å². The van der Waals surface area contributed by atoms with Gasteiger partial charge >= 0.3 is 0 Å². The monoisotopic (exact) mass is 204 g/mol. The number of hydrogen-bond acceptors (Lipinski definition) is 2. The minimum atomic E-state index is -0.323. The van der Waals surface area contributed by atoms with Gasteiger partial charge in [0, 0.05) is 5.92 Å². The lowest BCUT2D eigenvalue weighted by Crippen LogP contribution is -2.38. The van der Waals surface area contributed by atoms with Gasteiger partial charge < -0.3 is 4.42 Å². The molecule has 2 aliphatic carbocycles. The van der Waals surface area contributed by atoms with Crippen LogP contribution in [0.15, 0.2) is 16.7 Å². The van der Waals surface area contributed by atoms with Gasteiger partial charge in [0.15, 0.2) is 0 Å². The summed E-state index contributed by atoms with van der Waals surface area (Å²) in [5, 5.41) is 0. The predicted octanol–water partition coefficient (Wildman–Crippen LogP) is 2.71. The van der Waals surface area contributed by atoms with Gasteiger partial charge in [-0.25, -0.2) is 0 Å². The second kappa shape index (κ2) is 2.75. The maximum absolute atomic E-state index is 12.3. The van der Waals surface area contributed by atoms with Crippen LogP contribution in [0.3, 0.4) is 0 Å². The Morgan fingerprint density at radius 1 is 1.53 bits per heavy atom. The summed E-state index contributed by atoms with van der Waals surface area (Å²) in [6.07, 6.45) is 4.98. The molecule has 0 bridgehead atoms. The topological polar surface area (TPSA) is 30.2 Å². The predicted molar refractivity (Wildman–Crippen MR) is 56.7 cm³/mol. The molecule has 0 N–H and O–H groups in total. The maximum Gasteiger partial charge on any atom is 0.149 e. The van der Waals surface area contributed by atoms with Crippen LogP contribution in [0.1, 0.15) is 38.0 Å². The van der Waals surface area contributed by atoms with Crippen molar-refractivity contribution in [3.63, 3.8) is 0 Å². The lowest BCUT2D eigenvalue weighted by Gasteiger charge is -2.33. The zero-order valence-corrected chi connectivity index (χ0v) is 9.25. The second-order valence-electron chi connectivity index (χ2n) is 5.21. The largest absolute Gasteiger partial charge is 0.468 e. The van der Waals surface area contributed by atoms with Crippen LogP contribution < -0.4 is 0 Å². The van der Waals surface area contributed by atoms with Crippen LogP contribution in [0.25, 0.3) is 0 Å². The molecule has 2 nitrogen and oxygen atoms in total. The molecule has 0 aliphatic heterocycles. The molecule has 3 atom stereocenters. The molecule has 0 saturated heterocycles. The van der Waals surface area contributed by atoms with Crippen LogP contribution in [-0.4, -0.2) is 5.78 Å². The Morgan fingerprint density at radius 2 is 2.33 bits per heavy atom. The molecule has 0 amide bonds. The Bertz CT molecular complexity index is 418. The molecule has 1 fully saturated rings. The zero-order chi connectivity index (χ0) is 10.6. The molecule has 0 spiro atoms. The summed E-state index contributed by atoms with van der Waals surface area (Å²) in [6.45, 7) is 4.12. The number of carbonyl (C=O) groups excluding carboxylic acids is 1. The van der Waals surface area contributed by atoms with Crippen molar-refractivity contribution in [1.29, 1.82) is 0 Å². The Morgan fingerprint density at radius 3 is 3.13 bits per heavy atom. The Labute approximate surface area is 89.7 Å². The van der Waals surface area contributed by atoms with E-state index in [0.717, 1.165) is 25.0 Å². The number of fused-ring (bicyclic) bond motifs is 3. The molecule has 2 aliphatic rings. The number of ketones is 1. The van der Waals surface area contributed by atoms with Crippen molar-refractivity contribution in [1.82, 2.24) is 0 Å². The van der Waals surface area contributed by atoms with Crippen molar-refractivity contribution in [2.75, 3.05) is 0 Å². The molecule has 0 aromatic carbocycles. The number of carbonyl (C=O) groups is 1. The van der Waals surface area contributed by atoms with Gasteiger partial charge in [0.25, 0.3) is 0 Å². The molecule has 0 unspecified atom stereocenters. The van der Waals surface area contributed by atoms with Crippen molar-refractivity contribution in [3.05, 3.63) is 23.7 Å². The maximum atomic E-state index is 12.3. The Hall–Kier alpha value is -1.05. The summed E-state index contributed by atoms with van der Waals surface area (Å²) < 4.78 is 5.57. The van der Waals surface area contributed by atoms with Gasteiger partial charge in [-0.1, -0.05) is 6.92 Å². The first-order chi connectivity index (χ1) is 7.14. The van der Waals surface area contributed by atoms with E-state index in [9.17, 15) is 4.79 Å². The van der Waals surface area contributed by atoms with Gasteiger partial charge in [0.1, 0.15) is 11.5 Å². The number of hydrogen-bond donors (Lipinski definition) is 0. The minimum absolute atomic E-state index is 0.205. The fourth-order valence-corrected chi connectivity index (χ4v) is 3.50. The lowest BCUT2D eigenvalue weighted by atomic mass is 9.69. The van der Waals surface area contributed by atoms with E-state index in [1.54, 1.807) is 6.26 Å². The Kier molecular flexibility index (Phi) is 1.68. The molecule has 1 saturated carbocycles. The summed E-state index contributed by atoms with van der Waals surface area (Å²) in [7, 11) is 0. The number of aryl methyl sites for hydroxylation is 1. The standard InChI is InChI=1S/C13H16O2/c1-8-7-10-4-3-9-5-6-15-12(9)13(10,2)11(8)14/h5-6,8,10H,3-4,7H2,1-2H3/t8-,10+,13+/m0/s1. The summed E-state index contributed by atoms with van der Waals surface area (Å²) >= 11 is 0. The fourth-order valence-electron chi connectivity index (χ4n) is 3.50. The molecule has 1 heterocycles. The third-order valence-corrected chi connectivity index (χ3v) is 4.39. The summed E-state index contributed by atoms with van der Waals surface area (Å²) in [5.41, 5.74) is 0.924. The molecule has 1 aromatic heterocycles. The molecule has 15 heavy (non-hydrogen) atoms. The van der Waals surface area contributed by atoms with Crippen molar-refractivity contribution in [2.24, 2.45) is 11.8 Å². The Balaban J connectivity index is 2.18. The van der Waals surface area contributed by atoms with Crippen molar-refractivity contribution < 1.29 is 9.21 Å². The van der Waals surface area contributed by atoms with Crippen LogP contribution in [-0.2, 0) is 16.6 Å². The zero-order valence-electron chi connectivity index (χ0n) is 9.25. The number of furan rings is 1. The summed E-state index contributed by atoms with van der Waals surface area (Å²) in [4.78, 5) is 12.3. The molecule has 0 radical (unpaired) electrons. The molecule has 1 aromatic rings. The van der Waals surface area contributed by atoms with Gasteiger partial charge in [0.2, 0.25) is 0 Å². The third-order valence-electron chi connectivity index (χ3n) is 4.39. The van der Waals surface area contributed by atoms with Crippen LogP contribution in [0.5, 0.6) is 0 Å². The fraction of sp³-hybridized carbons (Fsp3) is 0.615. The first-order valence-corrected chi connectivity index (χ1v) is 5.75. The third kappa shape index (κ3) is 0.973. The lowest BCUT2D eigenvalue weighted by molar-refractivity contribution is -0.125. The van der Waals surface area contributed by atoms with Gasteiger partial charge in [-0.2, -0.15) is 0 Å².